The van der Waals surface area contributed by atoms with Crippen molar-refractivity contribution in [2.75, 3.05) is 6.54 Å². The third-order valence-corrected chi connectivity index (χ3v) is 3.53. The summed E-state index contributed by atoms with van der Waals surface area (Å²) in [7, 11) is 0. The first-order valence-corrected chi connectivity index (χ1v) is 5.84. The van der Waals surface area contributed by atoms with Crippen LogP contribution in [0.3, 0.4) is 0 Å². The van der Waals surface area contributed by atoms with E-state index in [9.17, 15) is 0 Å². The molecule has 1 nitrogen and oxygen atoms in total. The van der Waals surface area contributed by atoms with Crippen LogP contribution >= 0.6 is 0 Å². The summed E-state index contributed by atoms with van der Waals surface area (Å²) in [4.78, 5) is 0. The zero-order chi connectivity index (χ0) is 9.73. The van der Waals surface area contributed by atoms with Crippen LogP contribution in [0.4, 0.5) is 0 Å². The van der Waals surface area contributed by atoms with E-state index < -0.39 is 0 Å². The molecule has 0 unspecified atom stereocenters. The Bertz CT molecular complexity index is 134. The van der Waals surface area contributed by atoms with Gasteiger partial charge in [-0.25, -0.2) is 0 Å². The lowest BCUT2D eigenvalue weighted by Gasteiger charge is -2.25. The molecule has 13 heavy (non-hydrogen) atoms. The zero-order valence-corrected chi connectivity index (χ0v) is 9.31. The van der Waals surface area contributed by atoms with E-state index in [4.69, 9.17) is 5.73 Å². The standard InChI is InChI=1S/C12H25N/c1-12(2,9-10-13)8-7-11-5-3-4-6-11/h11H,3-10,13H2,1-2H3. The molecule has 0 atom stereocenters. The molecule has 1 fully saturated rings. The van der Waals surface area contributed by atoms with Gasteiger partial charge in [0.1, 0.15) is 0 Å². The average molecular weight is 183 g/mol. The van der Waals surface area contributed by atoms with Gasteiger partial charge in [0.25, 0.3) is 0 Å². The van der Waals surface area contributed by atoms with Crippen molar-refractivity contribution in [3.8, 4) is 0 Å². The molecule has 2 N–H and O–H groups in total. The quantitative estimate of drug-likeness (QED) is 0.695. The molecule has 0 aromatic rings. The van der Waals surface area contributed by atoms with Crippen molar-refractivity contribution in [1.29, 1.82) is 0 Å². The zero-order valence-electron chi connectivity index (χ0n) is 9.31. The van der Waals surface area contributed by atoms with Gasteiger partial charge in [0.2, 0.25) is 0 Å². The number of rotatable bonds is 5. The summed E-state index contributed by atoms with van der Waals surface area (Å²) in [5, 5.41) is 0. The van der Waals surface area contributed by atoms with Crippen LogP contribution in [0.5, 0.6) is 0 Å². The lowest BCUT2D eigenvalue weighted by atomic mass is 9.81. The molecule has 1 rings (SSSR count). The van der Waals surface area contributed by atoms with Crippen LogP contribution in [-0.4, -0.2) is 6.54 Å². The van der Waals surface area contributed by atoms with E-state index in [2.05, 4.69) is 13.8 Å². The molecule has 0 heterocycles. The molecule has 0 spiro atoms. The van der Waals surface area contributed by atoms with E-state index in [0.29, 0.717) is 5.41 Å². The fourth-order valence-corrected chi connectivity index (χ4v) is 2.41. The lowest BCUT2D eigenvalue weighted by Crippen LogP contribution is -2.17. The third kappa shape index (κ3) is 4.12. The lowest BCUT2D eigenvalue weighted by molar-refractivity contribution is 0.277. The molecule has 1 aliphatic carbocycles. The van der Waals surface area contributed by atoms with Crippen molar-refractivity contribution in [3.05, 3.63) is 0 Å². The fraction of sp³-hybridized carbons (Fsp3) is 1.00. The van der Waals surface area contributed by atoms with Crippen LogP contribution in [0.2, 0.25) is 0 Å². The van der Waals surface area contributed by atoms with Gasteiger partial charge in [-0.3, -0.25) is 0 Å². The Morgan fingerprint density at radius 1 is 1.15 bits per heavy atom. The van der Waals surface area contributed by atoms with Gasteiger partial charge >= 0.3 is 0 Å². The van der Waals surface area contributed by atoms with Crippen molar-refractivity contribution in [3.63, 3.8) is 0 Å². The summed E-state index contributed by atoms with van der Waals surface area (Å²) in [6.07, 6.45) is 9.91. The molecule has 1 aliphatic rings. The van der Waals surface area contributed by atoms with Crippen LogP contribution in [0, 0.1) is 11.3 Å². The molecular weight excluding hydrogens is 158 g/mol. The fourth-order valence-electron chi connectivity index (χ4n) is 2.41. The average Bonchev–Trinajstić information content (AvgIpc) is 2.52. The normalized spacial score (nSPS) is 19.6. The van der Waals surface area contributed by atoms with Gasteiger partial charge in [0.05, 0.1) is 0 Å². The second-order valence-electron chi connectivity index (χ2n) is 5.39. The van der Waals surface area contributed by atoms with E-state index in [1.54, 1.807) is 0 Å². The van der Waals surface area contributed by atoms with Crippen LogP contribution < -0.4 is 5.73 Å². The van der Waals surface area contributed by atoms with Gasteiger partial charge in [0, 0.05) is 0 Å². The highest BCUT2D eigenvalue weighted by Crippen LogP contribution is 2.34. The Hall–Kier alpha value is -0.0400. The predicted molar refractivity (Wildman–Crippen MR) is 58.6 cm³/mol. The molecule has 0 aliphatic heterocycles. The molecule has 0 bridgehead atoms. The smallest absolute Gasteiger partial charge is 0.00722 e. The highest BCUT2D eigenvalue weighted by atomic mass is 14.5. The Labute approximate surface area is 83.1 Å². The number of hydrogen-bond acceptors (Lipinski definition) is 1. The first kappa shape index (κ1) is 11.0. The Morgan fingerprint density at radius 3 is 2.31 bits per heavy atom. The minimum absolute atomic E-state index is 0.483. The van der Waals surface area contributed by atoms with Crippen LogP contribution in [-0.2, 0) is 0 Å². The van der Waals surface area contributed by atoms with Crippen LogP contribution in [0.25, 0.3) is 0 Å². The second kappa shape index (κ2) is 4.99. The third-order valence-electron chi connectivity index (χ3n) is 3.53. The maximum Gasteiger partial charge on any atom is -0.00722 e. The van der Waals surface area contributed by atoms with E-state index in [0.717, 1.165) is 12.5 Å². The van der Waals surface area contributed by atoms with Gasteiger partial charge in [-0.05, 0) is 37.1 Å². The largest absolute Gasteiger partial charge is 0.330 e. The minimum atomic E-state index is 0.483. The summed E-state index contributed by atoms with van der Waals surface area (Å²) in [6.45, 7) is 5.56. The minimum Gasteiger partial charge on any atom is -0.330 e. The van der Waals surface area contributed by atoms with E-state index in [-0.39, 0.29) is 0 Å². The summed E-state index contributed by atoms with van der Waals surface area (Å²) >= 11 is 0. The molecular formula is C12H25N. The molecule has 1 heteroatoms. The van der Waals surface area contributed by atoms with Crippen molar-refractivity contribution < 1.29 is 0 Å². The maximum absolute atomic E-state index is 5.60. The summed E-state index contributed by atoms with van der Waals surface area (Å²) in [5.41, 5.74) is 6.08. The second-order valence-corrected chi connectivity index (χ2v) is 5.39. The summed E-state index contributed by atoms with van der Waals surface area (Å²) in [5.74, 6) is 1.04. The molecule has 0 aromatic carbocycles. The Kier molecular flexibility index (Phi) is 4.24. The van der Waals surface area contributed by atoms with Crippen molar-refractivity contribution >= 4 is 0 Å². The molecule has 78 valence electrons. The van der Waals surface area contributed by atoms with Gasteiger partial charge in [0.15, 0.2) is 0 Å². The Morgan fingerprint density at radius 2 is 1.77 bits per heavy atom. The highest BCUT2D eigenvalue weighted by Gasteiger charge is 2.21. The predicted octanol–water partition coefficient (Wildman–Crippen LogP) is 3.33. The molecule has 0 aromatic heterocycles. The molecule has 1 saturated carbocycles. The van der Waals surface area contributed by atoms with E-state index in [1.165, 1.54) is 44.9 Å². The van der Waals surface area contributed by atoms with Gasteiger partial charge in [-0.15, -0.1) is 0 Å². The summed E-state index contributed by atoms with van der Waals surface area (Å²) in [6, 6.07) is 0. The monoisotopic (exact) mass is 183 g/mol. The molecule has 0 radical (unpaired) electrons. The van der Waals surface area contributed by atoms with E-state index in [1.807, 2.05) is 0 Å². The summed E-state index contributed by atoms with van der Waals surface area (Å²) < 4.78 is 0. The Balaban J connectivity index is 2.15. The SMILES string of the molecule is CC(C)(CCN)CCC1CCCC1. The van der Waals surface area contributed by atoms with Crippen molar-refractivity contribution in [2.24, 2.45) is 17.1 Å². The number of hydrogen-bond donors (Lipinski definition) is 1. The van der Waals surface area contributed by atoms with Crippen LogP contribution in [0.15, 0.2) is 0 Å². The highest BCUT2D eigenvalue weighted by molar-refractivity contribution is 4.74. The van der Waals surface area contributed by atoms with E-state index >= 15 is 0 Å². The maximum atomic E-state index is 5.60. The van der Waals surface area contributed by atoms with Crippen molar-refractivity contribution in [1.82, 2.24) is 0 Å². The molecule has 0 saturated heterocycles. The van der Waals surface area contributed by atoms with Crippen molar-refractivity contribution in [2.45, 2.75) is 58.8 Å². The van der Waals surface area contributed by atoms with Crippen LogP contribution in [0.1, 0.15) is 58.8 Å². The first-order chi connectivity index (χ1) is 6.14. The molecule has 0 amide bonds. The van der Waals surface area contributed by atoms with Gasteiger partial charge < -0.3 is 5.73 Å². The van der Waals surface area contributed by atoms with Gasteiger partial charge in [-0.1, -0.05) is 39.5 Å². The first-order valence-electron chi connectivity index (χ1n) is 5.84. The van der Waals surface area contributed by atoms with Gasteiger partial charge in [-0.2, -0.15) is 0 Å². The number of nitrogens with two attached hydrogens (primary N) is 1. The topological polar surface area (TPSA) is 26.0 Å².